The molecule has 0 atom stereocenters. The Balaban J connectivity index is 1.70. The molecule has 0 spiro atoms. The maximum Gasteiger partial charge on any atom is 0.272 e. The van der Waals surface area contributed by atoms with Crippen LogP contribution in [0.3, 0.4) is 0 Å². The normalized spacial score (nSPS) is 16.4. The number of sulfonamides is 1. The Morgan fingerprint density at radius 3 is 2.38 bits per heavy atom. The van der Waals surface area contributed by atoms with Gasteiger partial charge in [-0.2, -0.15) is 4.31 Å². The molecule has 0 aliphatic carbocycles. The van der Waals surface area contributed by atoms with Gasteiger partial charge in [-0.25, -0.2) is 13.4 Å². The van der Waals surface area contributed by atoms with Crippen LogP contribution < -0.4 is 0 Å². The summed E-state index contributed by atoms with van der Waals surface area (Å²) in [6.45, 7) is 8.25. The summed E-state index contributed by atoms with van der Waals surface area (Å²) in [4.78, 5) is 21.6. The highest BCUT2D eigenvalue weighted by atomic mass is 32.2. The van der Waals surface area contributed by atoms with Crippen molar-refractivity contribution in [1.82, 2.24) is 24.3 Å². The van der Waals surface area contributed by atoms with Crippen molar-refractivity contribution in [3.63, 3.8) is 0 Å². The van der Waals surface area contributed by atoms with E-state index in [4.69, 9.17) is 4.52 Å². The van der Waals surface area contributed by atoms with Crippen LogP contribution in [0.2, 0.25) is 0 Å². The lowest BCUT2D eigenvalue weighted by Crippen LogP contribution is -2.50. The molecule has 0 bridgehead atoms. The number of aromatic nitrogens is 3. The Morgan fingerprint density at radius 2 is 1.88 bits per heavy atom. The van der Waals surface area contributed by atoms with Crippen LogP contribution in [-0.2, 0) is 10.0 Å². The van der Waals surface area contributed by atoms with Gasteiger partial charge in [0.2, 0.25) is 10.0 Å². The number of imidazole rings is 1. The number of piperazine rings is 1. The first kappa shape index (κ1) is 18.6. The lowest BCUT2D eigenvalue weighted by Gasteiger charge is -2.33. The number of aryl methyl sites for hydroxylation is 2. The molecule has 0 aromatic carbocycles. The summed E-state index contributed by atoms with van der Waals surface area (Å²) in [5.41, 5.74) is 0.774. The molecule has 1 amide bonds. The second kappa shape index (κ2) is 6.84. The van der Waals surface area contributed by atoms with Crippen molar-refractivity contribution < 1.29 is 17.7 Å². The highest BCUT2D eigenvalue weighted by Gasteiger charge is 2.34. The number of hydrogen-bond donors (Lipinski definition) is 1. The molecule has 3 rings (SSSR count). The van der Waals surface area contributed by atoms with Crippen LogP contribution in [0.1, 0.15) is 47.5 Å². The second-order valence-corrected chi connectivity index (χ2v) is 8.56. The summed E-state index contributed by atoms with van der Waals surface area (Å²) in [5.74, 6) is 1.07. The molecule has 0 radical (unpaired) electrons. The third kappa shape index (κ3) is 3.26. The summed E-state index contributed by atoms with van der Waals surface area (Å²) in [5, 5.41) is 3.72. The van der Waals surface area contributed by atoms with Crippen LogP contribution in [0.15, 0.2) is 15.6 Å². The molecule has 3 heterocycles. The van der Waals surface area contributed by atoms with Gasteiger partial charge >= 0.3 is 0 Å². The van der Waals surface area contributed by atoms with Gasteiger partial charge in [0.15, 0.2) is 5.76 Å². The Morgan fingerprint density at radius 1 is 1.23 bits per heavy atom. The topological polar surface area (TPSA) is 112 Å². The third-order valence-electron chi connectivity index (χ3n) is 4.46. The first-order chi connectivity index (χ1) is 12.2. The number of H-pyrrole nitrogens is 1. The molecule has 0 unspecified atom stereocenters. The van der Waals surface area contributed by atoms with Crippen LogP contribution in [-0.4, -0.2) is 64.8 Å². The molecule has 0 saturated carbocycles. The molecule has 26 heavy (non-hydrogen) atoms. The van der Waals surface area contributed by atoms with Gasteiger partial charge in [0, 0.05) is 32.1 Å². The zero-order chi connectivity index (χ0) is 19.1. The Kier molecular flexibility index (Phi) is 4.89. The van der Waals surface area contributed by atoms with Gasteiger partial charge in [-0.05, 0) is 13.8 Å². The molecule has 1 fully saturated rings. The Hall–Kier alpha value is -2.20. The molecule has 9 nitrogen and oxygen atoms in total. The SMILES string of the molecule is Cc1noc(C)c1S(=O)(=O)N1CCN(C(=O)c2cnc(C(C)C)[nH]2)CC1. The predicted octanol–water partition coefficient (Wildman–Crippen LogP) is 1.28. The largest absolute Gasteiger partial charge is 0.360 e. The van der Waals surface area contributed by atoms with Gasteiger partial charge in [0.25, 0.3) is 5.91 Å². The smallest absolute Gasteiger partial charge is 0.272 e. The van der Waals surface area contributed by atoms with Crippen molar-refractivity contribution in [2.45, 2.75) is 38.5 Å². The minimum absolute atomic E-state index is 0.118. The van der Waals surface area contributed by atoms with E-state index in [2.05, 4.69) is 15.1 Å². The van der Waals surface area contributed by atoms with Crippen LogP contribution in [0.25, 0.3) is 0 Å². The zero-order valence-electron chi connectivity index (χ0n) is 15.3. The van der Waals surface area contributed by atoms with Gasteiger partial charge in [-0.1, -0.05) is 19.0 Å². The van der Waals surface area contributed by atoms with Crippen molar-refractivity contribution in [3.05, 3.63) is 29.2 Å². The summed E-state index contributed by atoms with van der Waals surface area (Å²) < 4.78 is 32.0. The standard InChI is InChI=1S/C16H23N5O4S/c1-10(2)15-17-9-13(18-15)16(22)20-5-7-21(8-6-20)26(23,24)14-11(3)19-25-12(14)4/h9-10H,5-8H2,1-4H3,(H,17,18). The van der Waals surface area contributed by atoms with Crippen molar-refractivity contribution in [3.8, 4) is 0 Å². The highest BCUT2D eigenvalue weighted by Crippen LogP contribution is 2.24. The number of nitrogens with one attached hydrogen (secondary N) is 1. The molecule has 1 aliphatic heterocycles. The number of carbonyl (C=O) groups excluding carboxylic acids is 1. The summed E-state index contributed by atoms with van der Waals surface area (Å²) in [6.07, 6.45) is 1.53. The van der Waals surface area contributed by atoms with Crippen LogP contribution in [0.5, 0.6) is 0 Å². The third-order valence-corrected chi connectivity index (χ3v) is 6.61. The number of aromatic amines is 1. The maximum absolute atomic E-state index is 12.8. The van der Waals surface area contributed by atoms with Gasteiger partial charge in [-0.3, -0.25) is 4.79 Å². The van der Waals surface area contributed by atoms with E-state index in [1.54, 1.807) is 18.7 Å². The van der Waals surface area contributed by atoms with E-state index >= 15 is 0 Å². The van der Waals surface area contributed by atoms with Gasteiger partial charge < -0.3 is 14.4 Å². The molecule has 1 N–H and O–H groups in total. The summed E-state index contributed by atoms with van der Waals surface area (Å²) in [6, 6.07) is 0. The fourth-order valence-electron chi connectivity index (χ4n) is 3.01. The van der Waals surface area contributed by atoms with Gasteiger partial charge in [0.1, 0.15) is 22.1 Å². The molecule has 1 saturated heterocycles. The van der Waals surface area contributed by atoms with Crippen molar-refractivity contribution in [1.29, 1.82) is 0 Å². The molecule has 10 heteroatoms. The van der Waals surface area contributed by atoms with E-state index in [1.807, 2.05) is 13.8 Å². The van der Waals surface area contributed by atoms with E-state index in [0.717, 1.165) is 5.82 Å². The number of carbonyl (C=O) groups is 1. The minimum Gasteiger partial charge on any atom is -0.360 e. The van der Waals surface area contributed by atoms with E-state index in [9.17, 15) is 13.2 Å². The summed E-state index contributed by atoms with van der Waals surface area (Å²) in [7, 11) is -3.68. The van der Waals surface area contributed by atoms with Crippen molar-refractivity contribution in [2.75, 3.05) is 26.2 Å². The molecule has 2 aromatic heterocycles. The van der Waals surface area contributed by atoms with Gasteiger partial charge in [0.05, 0.1) is 6.20 Å². The first-order valence-corrected chi connectivity index (χ1v) is 9.93. The lowest BCUT2D eigenvalue weighted by molar-refractivity contribution is 0.0692. The quantitative estimate of drug-likeness (QED) is 0.854. The number of amides is 1. The Labute approximate surface area is 152 Å². The molecule has 1 aliphatic rings. The van der Waals surface area contributed by atoms with E-state index in [-0.39, 0.29) is 35.6 Å². The average molecular weight is 381 g/mol. The van der Waals surface area contributed by atoms with E-state index in [1.165, 1.54) is 10.5 Å². The maximum atomic E-state index is 12.8. The molecule has 2 aromatic rings. The van der Waals surface area contributed by atoms with Crippen LogP contribution in [0.4, 0.5) is 0 Å². The average Bonchev–Trinajstić information content (AvgIpc) is 3.21. The predicted molar refractivity (Wildman–Crippen MR) is 93.3 cm³/mol. The molecular formula is C16H23N5O4S. The minimum atomic E-state index is -3.68. The lowest BCUT2D eigenvalue weighted by atomic mass is 10.2. The zero-order valence-corrected chi connectivity index (χ0v) is 16.1. The van der Waals surface area contributed by atoms with Crippen molar-refractivity contribution >= 4 is 15.9 Å². The monoisotopic (exact) mass is 381 g/mol. The fraction of sp³-hybridized carbons (Fsp3) is 0.562. The summed E-state index contributed by atoms with van der Waals surface area (Å²) >= 11 is 0. The second-order valence-electron chi connectivity index (χ2n) is 6.69. The molecular weight excluding hydrogens is 358 g/mol. The fourth-order valence-corrected chi connectivity index (χ4v) is 4.73. The van der Waals surface area contributed by atoms with E-state index in [0.29, 0.717) is 24.5 Å². The van der Waals surface area contributed by atoms with E-state index < -0.39 is 10.0 Å². The molecule has 142 valence electrons. The number of hydrogen-bond acceptors (Lipinski definition) is 6. The number of nitrogens with zero attached hydrogens (tertiary/aromatic N) is 4. The van der Waals surface area contributed by atoms with Crippen LogP contribution >= 0.6 is 0 Å². The van der Waals surface area contributed by atoms with Crippen LogP contribution in [0, 0.1) is 13.8 Å². The van der Waals surface area contributed by atoms with Crippen molar-refractivity contribution in [2.24, 2.45) is 0 Å². The number of rotatable bonds is 4. The van der Waals surface area contributed by atoms with Gasteiger partial charge in [-0.15, -0.1) is 0 Å². The first-order valence-electron chi connectivity index (χ1n) is 8.49. The highest BCUT2D eigenvalue weighted by molar-refractivity contribution is 7.89. The Bertz CT molecular complexity index is 887.